The minimum Gasteiger partial charge on any atom is -0.493 e. The van der Waals surface area contributed by atoms with E-state index < -0.39 is 222 Å². The van der Waals surface area contributed by atoms with Gasteiger partial charge in [0.15, 0.2) is 45.4 Å². The molecule has 4 aromatic carbocycles. The number of aliphatic hydroxyl groups is 12. The summed E-state index contributed by atoms with van der Waals surface area (Å²) in [5, 5.41) is 171. The molecular formula is C84H120N16O28S4. The zero-order chi connectivity index (χ0) is 96.5. The highest BCUT2D eigenvalue weighted by Gasteiger charge is 2.49. The standard InChI is InChI=1S/C84H120N16O28S4/c1-9-13-121-73-41-17-43-23-50(94-58(110)30-86-82(130)98-78-62(90-38(6)106)70(118)66(114)54(34-102)126-78)25-45(74(43)122-14-10-2)19-47-27-52(96-60(112)32-88-84(132)100-80-64(92-40(8)108)72(120)68(116)56(36-104)128-80)28-48(76(47)124-16-12-4)20-46-26-51(95-59(111)31-87-83(131)99-79-63(91-39(7)107)71(119)67(115)55(35-103)127-79)24-44(75(46)123-15-11-3)18-42(73)22-49(21-41)93-57(109)29-85-81(129)97-77-61(89-37(5)105)69(117)65(113)53(33-101)125-77/h21-28,53-56,61-72,77-80,101-104,113-120H,9-20,29-36H2,1-8H3,(H,89,105)(H,90,106)(H,91,107)(H,92,108)(H,93,109)(H,94,110)(H,95,111)(H,96,112)(H2,85,97,129)(H2,86,98,130)(H2,87,99,131)(H2,88,100,132). The third kappa shape index (κ3) is 29.0. The molecule has 8 amide bonds. The molecule has 0 aromatic heterocycles. The lowest BCUT2D eigenvalue weighted by atomic mass is 9.90. The number of rotatable bonds is 36. The fraction of sp³-hybridized carbons (Fsp3) is 0.571. The minimum absolute atomic E-state index is 0.111. The van der Waals surface area contributed by atoms with E-state index in [1.807, 2.05) is 27.7 Å². The molecule has 20 unspecified atom stereocenters. The number of hydrogen-bond acceptors (Lipinski definition) is 32. The van der Waals surface area contributed by atoms with Crippen LogP contribution in [-0.4, -0.2) is 330 Å². The first-order valence-electron chi connectivity index (χ1n) is 43.0. The highest BCUT2D eigenvalue weighted by molar-refractivity contribution is 7.80. The molecule has 48 heteroatoms. The molecule has 1 aliphatic carbocycles. The summed E-state index contributed by atoms with van der Waals surface area (Å²) in [6.45, 7) is 7.61. The molecule has 4 aromatic rings. The Morgan fingerprint density at radius 1 is 0.303 bits per heavy atom. The van der Waals surface area contributed by atoms with Gasteiger partial charge in [-0.25, -0.2) is 0 Å². The fourth-order valence-electron chi connectivity index (χ4n) is 15.5. The van der Waals surface area contributed by atoms with E-state index in [9.17, 15) is 99.6 Å². The number of hydrogen-bond donors (Lipinski definition) is 28. The average molecular weight is 1930 g/mol. The lowest BCUT2D eigenvalue weighted by Crippen LogP contribution is -2.68. The van der Waals surface area contributed by atoms with Crippen molar-refractivity contribution in [3.8, 4) is 23.0 Å². The molecule has 20 atom stereocenters. The van der Waals surface area contributed by atoms with Crippen LogP contribution in [0, 0.1) is 0 Å². The number of carbonyl (C=O) groups is 8. The van der Waals surface area contributed by atoms with Gasteiger partial charge in [0.2, 0.25) is 47.3 Å². The molecule has 728 valence electrons. The second kappa shape index (κ2) is 50.3. The third-order valence-electron chi connectivity index (χ3n) is 21.3. The Hall–Kier alpha value is -10.0. The number of amides is 8. The molecule has 44 nitrogen and oxygen atoms in total. The van der Waals surface area contributed by atoms with Crippen LogP contribution in [0.15, 0.2) is 48.5 Å². The summed E-state index contributed by atoms with van der Waals surface area (Å²) >= 11 is 22.5. The molecule has 0 saturated carbocycles. The maximum absolute atomic E-state index is 14.7. The van der Waals surface area contributed by atoms with Gasteiger partial charge in [-0.3, -0.25) is 38.4 Å². The molecule has 0 spiro atoms. The molecule has 28 N–H and O–H groups in total. The number of ether oxygens (including phenoxy) is 8. The maximum Gasteiger partial charge on any atom is 0.243 e. The second-order valence-electron chi connectivity index (χ2n) is 32.0. The van der Waals surface area contributed by atoms with Gasteiger partial charge in [0.05, 0.1) is 79.0 Å². The first-order chi connectivity index (χ1) is 62.9. The lowest BCUT2D eigenvalue weighted by molar-refractivity contribution is -0.198. The number of fused-ring (bicyclic) bond motifs is 8. The van der Waals surface area contributed by atoms with Crippen molar-refractivity contribution in [3.63, 3.8) is 0 Å². The Labute approximate surface area is 781 Å². The smallest absolute Gasteiger partial charge is 0.243 e. The quantitative estimate of drug-likeness (QED) is 0.0167. The summed E-state index contributed by atoms with van der Waals surface area (Å²) in [6.07, 6.45) is -22.4. The minimum atomic E-state index is -1.65. The summed E-state index contributed by atoms with van der Waals surface area (Å²) < 4.78 is 50.9. The van der Waals surface area contributed by atoms with E-state index in [0.29, 0.717) is 93.2 Å². The second-order valence-corrected chi connectivity index (χ2v) is 33.7. The third-order valence-corrected chi connectivity index (χ3v) is 22.4. The van der Waals surface area contributed by atoms with Crippen molar-refractivity contribution < 1.29 is 138 Å². The average Bonchev–Trinajstić information content (AvgIpc) is 0.761. The van der Waals surface area contributed by atoms with Gasteiger partial charge in [0.1, 0.15) is 120 Å². The number of anilines is 4. The van der Waals surface area contributed by atoms with E-state index in [0.717, 1.165) is 0 Å². The van der Waals surface area contributed by atoms with Gasteiger partial charge in [-0.15, -0.1) is 0 Å². The number of thiocarbonyl (C=S) groups is 4. The number of benzene rings is 4. The van der Waals surface area contributed by atoms with E-state index in [4.69, 9.17) is 86.8 Å². The molecule has 8 bridgehead atoms. The van der Waals surface area contributed by atoms with E-state index in [1.165, 1.54) is 27.7 Å². The van der Waals surface area contributed by atoms with Gasteiger partial charge in [-0.1, -0.05) is 27.7 Å². The van der Waals surface area contributed by atoms with Crippen LogP contribution in [0.4, 0.5) is 22.7 Å². The van der Waals surface area contributed by atoms with Gasteiger partial charge in [-0.2, -0.15) is 0 Å². The zero-order valence-electron chi connectivity index (χ0n) is 73.8. The zero-order valence-corrected chi connectivity index (χ0v) is 77.1. The van der Waals surface area contributed by atoms with E-state index in [1.54, 1.807) is 48.5 Å². The number of carbonyl (C=O) groups excluding carboxylic acids is 8. The monoisotopic (exact) mass is 1930 g/mol. The molecule has 0 radical (unpaired) electrons. The Bertz CT molecular complexity index is 4080. The molecule has 4 heterocycles. The Balaban J connectivity index is 1.20. The van der Waals surface area contributed by atoms with Crippen LogP contribution in [0.3, 0.4) is 0 Å². The van der Waals surface area contributed by atoms with Crippen molar-refractivity contribution >= 4 is 139 Å². The van der Waals surface area contributed by atoms with Crippen molar-refractivity contribution in [2.75, 3.05) is 100 Å². The summed E-state index contributed by atoms with van der Waals surface area (Å²) in [7, 11) is 0. The molecule has 132 heavy (non-hydrogen) atoms. The summed E-state index contributed by atoms with van der Waals surface area (Å²) in [4.78, 5) is 108. The highest BCUT2D eigenvalue weighted by Crippen LogP contribution is 2.44. The Morgan fingerprint density at radius 3 is 0.629 bits per heavy atom. The van der Waals surface area contributed by atoms with Crippen LogP contribution >= 0.6 is 48.9 Å². The predicted molar refractivity (Wildman–Crippen MR) is 491 cm³/mol. The summed E-state index contributed by atoms with van der Waals surface area (Å²) in [6, 6.07) is 8.17. The van der Waals surface area contributed by atoms with Gasteiger partial charge in [-0.05, 0) is 123 Å². The Kier molecular flexibility index (Phi) is 40.3. The molecule has 4 saturated heterocycles. The van der Waals surface area contributed by atoms with Crippen molar-refractivity contribution in [1.82, 2.24) is 63.8 Å². The van der Waals surface area contributed by atoms with E-state index in [2.05, 4.69) is 85.1 Å². The van der Waals surface area contributed by atoms with Crippen LogP contribution in [0.5, 0.6) is 23.0 Å². The van der Waals surface area contributed by atoms with Gasteiger partial charge < -0.3 is 184 Å². The molecule has 5 aliphatic rings. The topological polar surface area (TPSA) is 646 Å². The first-order valence-corrected chi connectivity index (χ1v) is 44.6. The predicted octanol–water partition coefficient (Wildman–Crippen LogP) is -5.10. The van der Waals surface area contributed by atoms with Crippen LogP contribution in [0.1, 0.15) is 126 Å². The largest absolute Gasteiger partial charge is 0.493 e. The summed E-state index contributed by atoms with van der Waals surface area (Å²) in [5.41, 5.74) is 3.97. The summed E-state index contributed by atoms with van der Waals surface area (Å²) in [5.74, 6) is -3.98. The first kappa shape index (κ1) is 106. The van der Waals surface area contributed by atoms with Crippen molar-refractivity contribution in [3.05, 3.63) is 93.0 Å². The van der Waals surface area contributed by atoms with Crippen LogP contribution in [-0.2, 0) is 83.0 Å². The van der Waals surface area contributed by atoms with E-state index in [-0.39, 0.29) is 95.3 Å². The van der Waals surface area contributed by atoms with Gasteiger partial charge in [0, 0.05) is 121 Å². The highest BCUT2D eigenvalue weighted by atomic mass is 32.1. The van der Waals surface area contributed by atoms with Crippen molar-refractivity contribution in [1.29, 1.82) is 0 Å². The number of aliphatic hydroxyl groups excluding tert-OH is 12. The fourth-order valence-corrected chi connectivity index (χ4v) is 16.2. The van der Waals surface area contributed by atoms with Gasteiger partial charge in [0.25, 0.3) is 0 Å². The van der Waals surface area contributed by atoms with Crippen molar-refractivity contribution in [2.24, 2.45) is 0 Å². The van der Waals surface area contributed by atoms with Gasteiger partial charge >= 0.3 is 0 Å². The maximum atomic E-state index is 14.7. The Morgan fingerprint density at radius 2 is 0.477 bits per heavy atom. The van der Waals surface area contributed by atoms with Crippen LogP contribution in [0.2, 0.25) is 0 Å². The van der Waals surface area contributed by atoms with Crippen LogP contribution < -0.4 is 104 Å². The molecule has 4 aliphatic heterocycles. The van der Waals surface area contributed by atoms with Crippen molar-refractivity contribution in [2.45, 2.75) is 229 Å². The normalized spacial score (nSPS) is 25.4. The molecule has 9 rings (SSSR count). The lowest BCUT2D eigenvalue weighted by Gasteiger charge is -2.42. The van der Waals surface area contributed by atoms with Crippen LogP contribution in [0.25, 0.3) is 0 Å². The van der Waals surface area contributed by atoms with E-state index >= 15 is 0 Å². The molecule has 4 fully saturated rings. The molecular weight excluding hydrogens is 1810 g/mol. The number of nitrogens with one attached hydrogen (secondary N) is 16. The SMILES string of the molecule is CCCOc1c2cc(NC(=O)CNC(=S)NC3OC(CO)C(O)C(O)C3NC(C)=O)cc1Cc1cc(NC(=O)CNC(=S)NC3OC(CO)C(O)C(O)C3NC(C)=O)cc(c1OCCC)Cc1cc(NC(=O)CNC(=S)NC3OC(CO)C(O)C(O)C3NC(C)=O)cc(c1OCCC)Cc1cc(NC(=O)CNC(=S)NC3OC(CO)C(O)C(O)C3NC(C)=O)cc(c1OCCC)C2.